The van der Waals surface area contributed by atoms with Gasteiger partial charge in [-0.15, -0.1) is 11.8 Å². The molecule has 0 aliphatic rings. The van der Waals surface area contributed by atoms with Crippen molar-refractivity contribution in [3.63, 3.8) is 0 Å². The lowest BCUT2D eigenvalue weighted by Crippen LogP contribution is -2.09. The van der Waals surface area contributed by atoms with Crippen molar-refractivity contribution >= 4 is 11.8 Å². The van der Waals surface area contributed by atoms with Crippen LogP contribution in [-0.2, 0) is 5.11 Å². The van der Waals surface area contributed by atoms with Crippen LogP contribution in [-0.4, -0.2) is 24.9 Å². The van der Waals surface area contributed by atoms with Gasteiger partial charge in [-0.25, -0.2) is 0 Å². The molecule has 2 nitrogen and oxygen atoms in total. The maximum absolute atomic E-state index is 10.9. The van der Waals surface area contributed by atoms with Gasteiger partial charge in [-0.1, -0.05) is 6.07 Å². The van der Waals surface area contributed by atoms with Crippen LogP contribution in [0, 0.1) is 0 Å². The van der Waals surface area contributed by atoms with Crippen LogP contribution in [0.25, 0.3) is 0 Å². The third kappa shape index (κ3) is 3.15. The Hall–Kier alpha value is -0.670. The Morgan fingerprint density at radius 2 is 2.17 bits per heavy atom. The van der Waals surface area contributed by atoms with Crippen molar-refractivity contribution in [1.82, 2.24) is 4.90 Å². The molecule has 65 valence electrons. The summed E-state index contributed by atoms with van der Waals surface area (Å²) in [6, 6.07) is 6.98. The van der Waals surface area contributed by atoms with Crippen LogP contribution in [0.15, 0.2) is 29.2 Å². The molecule has 3 heteroatoms. The molecule has 0 aliphatic heterocycles. The van der Waals surface area contributed by atoms with E-state index in [9.17, 15) is 5.11 Å². The second-order valence-corrected chi connectivity index (χ2v) is 3.85. The van der Waals surface area contributed by atoms with E-state index < -0.39 is 0 Å². The average Bonchev–Trinajstić information content (AvgIpc) is 2.01. The van der Waals surface area contributed by atoms with Crippen molar-refractivity contribution in [2.75, 3.05) is 20.0 Å². The predicted molar refractivity (Wildman–Crippen MR) is 51.0 cm³/mol. The first-order valence-corrected chi connectivity index (χ1v) is 4.71. The van der Waals surface area contributed by atoms with Crippen LogP contribution >= 0.6 is 11.8 Å². The van der Waals surface area contributed by atoms with Gasteiger partial charge in [-0.05, 0) is 32.3 Å². The first-order valence-electron chi connectivity index (χ1n) is 3.73. The molecule has 0 amide bonds. The molecule has 0 aliphatic carbocycles. The van der Waals surface area contributed by atoms with E-state index in [0.717, 1.165) is 10.8 Å². The van der Waals surface area contributed by atoms with Crippen LogP contribution in [0.3, 0.4) is 0 Å². The van der Waals surface area contributed by atoms with Gasteiger partial charge in [0.1, 0.15) is 0 Å². The van der Waals surface area contributed by atoms with Crippen LogP contribution < -0.4 is 0 Å². The van der Waals surface area contributed by atoms with Gasteiger partial charge in [0.05, 0.1) is 0 Å². The number of hydrogen-bond donors (Lipinski definition) is 0. The predicted octanol–water partition coefficient (Wildman–Crippen LogP) is 2.44. The van der Waals surface area contributed by atoms with Crippen molar-refractivity contribution < 1.29 is 5.11 Å². The topological polar surface area (TPSA) is 23.1 Å². The maximum Gasteiger partial charge on any atom is 0.179 e. The number of hydrogen-bond acceptors (Lipinski definition) is 2. The lowest BCUT2D eigenvalue weighted by Gasteiger charge is -2.08. The molecule has 1 aromatic carbocycles. The zero-order valence-electron chi connectivity index (χ0n) is 7.28. The highest BCUT2D eigenvalue weighted by atomic mass is 32.2. The number of rotatable bonds is 3. The largest absolute Gasteiger partial charge is 0.300 e. The van der Waals surface area contributed by atoms with E-state index in [-0.39, 0.29) is 5.75 Å². The van der Waals surface area contributed by atoms with Crippen LogP contribution in [0.1, 0.15) is 0 Å². The lowest BCUT2D eigenvalue weighted by atomic mass is 10.3. The van der Waals surface area contributed by atoms with Gasteiger partial charge >= 0.3 is 0 Å². The molecular weight excluding hydrogens is 170 g/mol. The number of benzene rings is 1. The van der Waals surface area contributed by atoms with Crippen molar-refractivity contribution in [3.05, 3.63) is 24.3 Å². The normalized spacial score (nSPS) is 10.6. The van der Waals surface area contributed by atoms with Gasteiger partial charge in [-0.3, -0.25) is 10.0 Å². The first kappa shape index (κ1) is 9.42. The molecule has 0 N–H and O–H groups in total. The van der Waals surface area contributed by atoms with E-state index in [1.54, 1.807) is 30.0 Å². The lowest BCUT2D eigenvalue weighted by molar-refractivity contribution is 0.354. The fourth-order valence-electron chi connectivity index (χ4n) is 0.768. The molecule has 0 saturated carbocycles. The minimum absolute atomic E-state index is 0.0822. The maximum atomic E-state index is 10.9. The molecule has 12 heavy (non-hydrogen) atoms. The van der Waals surface area contributed by atoms with Gasteiger partial charge in [0.15, 0.2) is 5.75 Å². The molecule has 0 aromatic heterocycles. The van der Waals surface area contributed by atoms with E-state index in [2.05, 4.69) is 4.90 Å². The van der Waals surface area contributed by atoms with E-state index >= 15 is 0 Å². The third-order valence-electron chi connectivity index (χ3n) is 1.29. The summed E-state index contributed by atoms with van der Waals surface area (Å²) in [5.74, 6) is 0.988. The monoisotopic (exact) mass is 182 g/mol. The van der Waals surface area contributed by atoms with E-state index in [0.29, 0.717) is 0 Å². The highest BCUT2D eigenvalue weighted by Crippen LogP contribution is 2.22. The summed E-state index contributed by atoms with van der Waals surface area (Å²) in [6.45, 7) is 0. The Labute approximate surface area is 77.2 Å². The molecular formula is C9H12NOS. The van der Waals surface area contributed by atoms with Crippen molar-refractivity contribution in [2.24, 2.45) is 0 Å². The summed E-state index contributed by atoms with van der Waals surface area (Å²) in [7, 11) is 4.02. The highest BCUT2D eigenvalue weighted by molar-refractivity contribution is 7.99. The summed E-state index contributed by atoms with van der Waals surface area (Å²) >= 11 is 1.67. The first-order chi connectivity index (χ1) is 5.68. The fourth-order valence-corrected chi connectivity index (χ4v) is 1.55. The van der Waals surface area contributed by atoms with E-state index in [1.165, 1.54) is 0 Å². The van der Waals surface area contributed by atoms with Crippen molar-refractivity contribution in [3.8, 4) is 5.75 Å². The minimum atomic E-state index is 0.0822. The molecule has 0 spiro atoms. The Morgan fingerprint density at radius 3 is 2.75 bits per heavy atom. The van der Waals surface area contributed by atoms with Crippen LogP contribution in [0.4, 0.5) is 0 Å². The Kier molecular flexibility index (Phi) is 3.44. The number of nitrogens with zero attached hydrogens (tertiary/aromatic N) is 1. The van der Waals surface area contributed by atoms with Gasteiger partial charge in [-0.2, -0.15) is 0 Å². The molecule has 1 rings (SSSR count). The summed E-state index contributed by atoms with van der Waals surface area (Å²) in [4.78, 5) is 3.11. The Bertz CT molecular complexity index is 250. The summed E-state index contributed by atoms with van der Waals surface area (Å²) in [6.07, 6.45) is 0. The second-order valence-electron chi connectivity index (χ2n) is 2.83. The summed E-state index contributed by atoms with van der Waals surface area (Å²) in [5.41, 5.74) is 0. The fraction of sp³-hybridized carbons (Fsp3) is 0.333. The second kappa shape index (κ2) is 4.38. The molecule has 1 aromatic rings. The molecule has 0 fully saturated rings. The van der Waals surface area contributed by atoms with Gasteiger partial charge in [0.2, 0.25) is 0 Å². The van der Waals surface area contributed by atoms with Gasteiger partial charge in [0, 0.05) is 10.8 Å². The third-order valence-corrected chi connectivity index (χ3v) is 2.53. The van der Waals surface area contributed by atoms with E-state index in [4.69, 9.17) is 0 Å². The zero-order valence-corrected chi connectivity index (χ0v) is 8.10. The van der Waals surface area contributed by atoms with Crippen LogP contribution in [0.5, 0.6) is 5.75 Å². The minimum Gasteiger partial charge on any atom is -0.300 e. The summed E-state index contributed by atoms with van der Waals surface area (Å²) < 4.78 is 0. The molecule has 0 unspecified atom stereocenters. The van der Waals surface area contributed by atoms with Gasteiger partial charge in [0.25, 0.3) is 0 Å². The molecule has 0 atom stereocenters. The molecule has 0 heterocycles. The number of thioether (sulfide) groups is 1. The molecule has 1 radical (unpaired) electrons. The molecule has 0 bridgehead atoms. The van der Waals surface area contributed by atoms with E-state index in [1.807, 2.05) is 20.2 Å². The zero-order chi connectivity index (χ0) is 8.97. The van der Waals surface area contributed by atoms with Crippen LogP contribution in [0.2, 0.25) is 0 Å². The SMILES string of the molecule is CN(C)CSc1cccc([O])c1. The Balaban J connectivity index is 2.52. The smallest absolute Gasteiger partial charge is 0.179 e. The highest BCUT2D eigenvalue weighted by Gasteiger charge is 1.96. The standard InChI is InChI=1S/C9H12NOS/c1-10(2)7-12-9-5-3-4-8(11)6-9/h3-6H,7H2,1-2H3. The van der Waals surface area contributed by atoms with Gasteiger partial charge < -0.3 is 0 Å². The molecule has 0 saturated heterocycles. The van der Waals surface area contributed by atoms with Crippen molar-refractivity contribution in [1.29, 1.82) is 0 Å². The van der Waals surface area contributed by atoms with Crippen molar-refractivity contribution in [2.45, 2.75) is 4.90 Å². The average molecular weight is 182 g/mol. The summed E-state index contributed by atoms with van der Waals surface area (Å²) in [5, 5.41) is 10.9. The Morgan fingerprint density at radius 1 is 1.42 bits per heavy atom. The quantitative estimate of drug-likeness (QED) is 0.529.